The van der Waals surface area contributed by atoms with E-state index in [-0.39, 0.29) is 24.4 Å². The maximum absolute atomic E-state index is 11.1. The average molecular weight is 226 g/mol. The summed E-state index contributed by atoms with van der Waals surface area (Å²) >= 11 is 1.90. The monoisotopic (exact) mass is 225 g/mol. The lowest BCUT2D eigenvalue weighted by atomic mass is 10.2. The van der Waals surface area contributed by atoms with E-state index in [0.29, 0.717) is 5.25 Å². The first kappa shape index (κ1) is 13.1. The molecule has 0 spiro atoms. The first-order valence-corrected chi connectivity index (χ1v) is 5.25. The predicted octanol–water partition coefficient (Wildman–Crippen LogP) is 1.06. The topological polar surface area (TPSA) is 38.3 Å². The van der Waals surface area contributed by atoms with Gasteiger partial charge in [0.1, 0.15) is 6.04 Å². The summed E-state index contributed by atoms with van der Waals surface area (Å²) in [6.45, 7) is 3.06. The molecule has 0 aromatic rings. The third-order valence-electron chi connectivity index (χ3n) is 1.98. The van der Waals surface area contributed by atoms with Crippen molar-refractivity contribution in [3.8, 4) is 0 Å². The summed E-state index contributed by atoms with van der Waals surface area (Å²) in [6.07, 6.45) is 0.908. The summed E-state index contributed by atoms with van der Waals surface area (Å²) in [7, 11) is 1.43. The lowest BCUT2D eigenvalue weighted by molar-refractivity contribution is -0.142. The Kier molecular flexibility index (Phi) is 6.55. The van der Waals surface area contributed by atoms with Crippen molar-refractivity contribution in [2.24, 2.45) is 0 Å². The molecule has 1 heterocycles. The van der Waals surface area contributed by atoms with Crippen LogP contribution < -0.4 is 5.32 Å². The van der Waals surface area contributed by atoms with Gasteiger partial charge in [-0.3, -0.25) is 4.79 Å². The normalized spacial score (nSPS) is 26.6. The number of nitrogens with one attached hydrogen (secondary N) is 1. The lowest BCUT2D eigenvalue weighted by Gasteiger charge is -2.06. The van der Waals surface area contributed by atoms with Gasteiger partial charge in [0.05, 0.1) is 7.11 Å². The van der Waals surface area contributed by atoms with Crippen molar-refractivity contribution in [1.29, 1.82) is 0 Å². The Bertz CT molecular complexity index is 168. The minimum absolute atomic E-state index is 0. The summed E-state index contributed by atoms with van der Waals surface area (Å²) in [5.74, 6) is 0.981. The zero-order valence-corrected chi connectivity index (χ0v) is 9.54. The van der Waals surface area contributed by atoms with Crippen LogP contribution in [0.5, 0.6) is 0 Å². The average Bonchev–Trinajstić information content (AvgIpc) is 2.52. The Hall–Kier alpha value is 0.0700. The number of carbonyl (C=O) groups is 1. The maximum atomic E-state index is 11.1. The van der Waals surface area contributed by atoms with Gasteiger partial charge in [-0.1, -0.05) is 6.92 Å². The van der Waals surface area contributed by atoms with Crippen LogP contribution in [0.4, 0.5) is 0 Å². The van der Waals surface area contributed by atoms with Crippen LogP contribution >= 0.6 is 24.2 Å². The van der Waals surface area contributed by atoms with Gasteiger partial charge in [0.15, 0.2) is 0 Å². The van der Waals surface area contributed by atoms with E-state index in [1.54, 1.807) is 0 Å². The smallest absolute Gasteiger partial charge is 0.322 e. The number of carbonyl (C=O) groups excluding carboxylic acids is 1. The number of halogens is 1. The highest BCUT2D eigenvalue weighted by atomic mass is 35.5. The summed E-state index contributed by atoms with van der Waals surface area (Å²) in [5, 5.41) is 3.73. The van der Waals surface area contributed by atoms with Gasteiger partial charge in [0.25, 0.3) is 0 Å². The molecular weight excluding hydrogens is 210 g/mol. The molecule has 0 aromatic heterocycles. The molecule has 0 aromatic carbocycles. The molecule has 2 atom stereocenters. The molecule has 0 saturated carbocycles. The van der Waals surface area contributed by atoms with Crippen molar-refractivity contribution in [3.05, 3.63) is 0 Å². The number of rotatable bonds is 3. The third-order valence-corrected chi connectivity index (χ3v) is 3.14. The Morgan fingerprint density at radius 1 is 1.69 bits per heavy atom. The summed E-state index contributed by atoms with van der Waals surface area (Å²) < 4.78 is 4.65. The van der Waals surface area contributed by atoms with Crippen LogP contribution in [0.1, 0.15) is 13.3 Å². The van der Waals surface area contributed by atoms with Crippen LogP contribution in [0, 0.1) is 0 Å². The summed E-state index contributed by atoms with van der Waals surface area (Å²) in [4.78, 5) is 11.1. The van der Waals surface area contributed by atoms with Gasteiger partial charge >= 0.3 is 5.97 Å². The van der Waals surface area contributed by atoms with Crippen LogP contribution in [-0.4, -0.2) is 36.7 Å². The number of hydrogen-bond acceptors (Lipinski definition) is 4. The minimum Gasteiger partial charge on any atom is -0.468 e. The van der Waals surface area contributed by atoms with E-state index in [0.717, 1.165) is 18.7 Å². The van der Waals surface area contributed by atoms with Gasteiger partial charge in [-0.25, -0.2) is 0 Å². The van der Waals surface area contributed by atoms with Crippen LogP contribution in [0.15, 0.2) is 0 Å². The molecule has 0 bridgehead atoms. The summed E-state index contributed by atoms with van der Waals surface area (Å²) in [5.41, 5.74) is 0. The molecule has 0 amide bonds. The van der Waals surface area contributed by atoms with Gasteiger partial charge in [0, 0.05) is 11.8 Å². The third kappa shape index (κ3) is 3.75. The van der Waals surface area contributed by atoms with Gasteiger partial charge in [0.2, 0.25) is 0 Å². The van der Waals surface area contributed by atoms with E-state index < -0.39 is 0 Å². The summed E-state index contributed by atoms with van der Waals surface area (Å²) in [6, 6.07) is -0.0703. The van der Waals surface area contributed by atoms with Crippen LogP contribution in [0.25, 0.3) is 0 Å². The van der Waals surface area contributed by atoms with Crippen LogP contribution in [-0.2, 0) is 9.53 Å². The fourth-order valence-corrected chi connectivity index (χ4v) is 2.40. The number of methoxy groups -OCH3 is 1. The quantitative estimate of drug-likeness (QED) is 0.730. The number of ether oxygens (including phenoxy) is 1. The molecule has 0 unspecified atom stereocenters. The highest BCUT2D eigenvalue weighted by Gasteiger charge is 2.29. The predicted molar refractivity (Wildman–Crippen MR) is 57.6 cm³/mol. The molecule has 5 heteroatoms. The van der Waals surface area contributed by atoms with E-state index in [1.165, 1.54) is 7.11 Å². The van der Waals surface area contributed by atoms with E-state index in [9.17, 15) is 4.79 Å². The molecular formula is C8H16ClNO2S. The second-order valence-corrected chi connectivity index (χ2v) is 4.37. The van der Waals surface area contributed by atoms with E-state index >= 15 is 0 Å². The fourth-order valence-electron chi connectivity index (χ4n) is 1.39. The van der Waals surface area contributed by atoms with E-state index in [2.05, 4.69) is 17.0 Å². The molecule has 1 rings (SSSR count). The second kappa shape index (κ2) is 6.51. The molecule has 13 heavy (non-hydrogen) atoms. The number of hydrogen-bond donors (Lipinski definition) is 1. The van der Waals surface area contributed by atoms with Crippen molar-refractivity contribution in [3.63, 3.8) is 0 Å². The number of thioether (sulfide) groups is 1. The standard InChI is InChI=1S/C8H15NO2S.ClH/c1-3-12-6-4-7(9-5-6)8(10)11-2;/h6-7,9H,3-5H2,1-2H3;1H/t6-,7+;/m1./s1. The molecule has 1 aliphatic heterocycles. The SMILES string of the molecule is CCS[C@H]1CN[C@H](C(=O)OC)C1.Cl. The lowest BCUT2D eigenvalue weighted by Crippen LogP contribution is -2.31. The molecule has 1 N–H and O–H groups in total. The molecule has 0 radical (unpaired) electrons. The van der Waals surface area contributed by atoms with Crippen molar-refractivity contribution in [2.75, 3.05) is 19.4 Å². The zero-order valence-electron chi connectivity index (χ0n) is 7.91. The van der Waals surface area contributed by atoms with Crippen molar-refractivity contribution in [1.82, 2.24) is 5.32 Å². The largest absolute Gasteiger partial charge is 0.468 e. The first-order chi connectivity index (χ1) is 5.77. The van der Waals surface area contributed by atoms with Gasteiger partial charge in [-0.15, -0.1) is 12.4 Å². The highest BCUT2D eigenvalue weighted by Crippen LogP contribution is 2.20. The molecule has 1 saturated heterocycles. The Balaban J connectivity index is 0.00000144. The Morgan fingerprint density at radius 3 is 2.92 bits per heavy atom. The van der Waals surface area contributed by atoms with E-state index in [4.69, 9.17) is 0 Å². The molecule has 0 aliphatic carbocycles. The first-order valence-electron chi connectivity index (χ1n) is 4.20. The van der Waals surface area contributed by atoms with Crippen LogP contribution in [0.3, 0.4) is 0 Å². The molecule has 1 aliphatic rings. The molecule has 3 nitrogen and oxygen atoms in total. The maximum Gasteiger partial charge on any atom is 0.322 e. The van der Waals surface area contributed by atoms with Gasteiger partial charge in [-0.05, 0) is 12.2 Å². The van der Waals surface area contributed by atoms with Crippen LogP contribution in [0.2, 0.25) is 0 Å². The van der Waals surface area contributed by atoms with Gasteiger partial charge < -0.3 is 10.1 Å². The Morgan fingerprint density at radius 2 is 2.38 bits per heavy atom. The second-order valence-electron chi connectivity index (χ2n) is 2.80. The van der Waals surface area contributed by atoms with Gasteiger partial charge in [-0.2, -0.15) is 11.8 Å². The fraction of sp³-hybridized carbons (Fsp3) is 0.875. The highest BCUT2D eigenvalue weighted by molar-refractivity contribution is 7.99. The minimum atomic E-state index is -0.130. The molecule has 78 valence electrons. The van der Waals surface area contributed by atoms with Crippen molar-refractivity contribution < 1.29 is 9.53 Å². The van der Waals surface area contributed by atoms with Crippen molar-refractivity contribution >= 4 is 30.1 Å². The zero-order chi connectivity index (χ0) is 8.97. The molecule has 1 fully saturated rings. The number of esters is 1. The van der Waals surface area contributed by atoms with Crippen molar-refractivity contribution in [2.45, 2.75) is 24.6 Å². The van der Waals surface area contributed by atoms with E-state index in [1.807, 2.05) is 11.8 Å². The Labute approximate surface area is 89.4 Å².